The van der Waals surface area contributed by atoms with Crippen LogP contribution in [-0.4, -0.2) is 79.2 Å². The van der Waals surface area contributed by atoms with Crippen LogP contribution in [0.4, 0.5) is 5.69 Å². The number of anilines is 1. The van der Waals surface area contributed by atoms with Crippen molar-refractivity contribution in [3.63, 3.8) is 0 Å². The summed E-state index contributed by atoms with van der Waals surface area (Å²) in [5.74, 6) is 0.449. The Morgan fingerprint density at radius 3 is 2.07 bits per heavy atom. The van der Waals surface area contributed by atoms with Gasteiger partial charge < -0.3 is 29.2 Å². The van der Waals surface area contributed by atoms with Crippen LogP contribution in [0.1, 0.15) is 32.8 Å². The summed E-state index contributed by atoms with van der Waals surface area (Å²) in [7, 11) is 1.29. The maximum absolute atomic E-state index is 14.4. The second-order valence-electron chi connectivity index (χ2n) is 11.0. The second kappa shape index (κ2) is 16.7. The largest absolute Gasteiger partial charge is 0.497 e. The highest BCUT2D eigenvalue weighted by Gasteiger charge is 2.35. The Kier molecular flexibility index (Phi) is 13.1. The van der Waals surface area contributed by atoms with Crippen LogP contribution in [0, 0.1) is 5.92 Å². The van der Waals surface area contributed by atoms with E-state index in [0.717, 1.165) is 9.87 Å². The molecule has 3 aromatic rings. The maximum atomic E-state index is 14.4. The van der Waals surface area contributed by atoms with Crippen molar-refractivity contribution in [1.82, 2.24) is 10.2 Å². The predicted molar refractivity (Wildman–Crippen MR) is 177 cm³/mol. The third-order valence-corrected chi connectivity index (χ3v) is 9.19. The summed E-state index contributed by atoms with van der Waals surface area (Å²) in [6.45, 7) is 5.80. The first-order valence-electron chi connectivity index (χ1n) is 15.1. The molecule has 3 aromatic carbocycles. The van der Waals surface area contributed by atoms with E-state index in [1.807, 2.05) is 51.1 Å². The fourth-order valence-electron chi connectivity index (χ4n) is 4.93. The molecule has 0 aromatic heterocycles. The Morgan fingerprint density at radius 1 is 0.826 bits per heavy atom. The third kappa shape index (κ3) is 8.84. The van der Waals surface area contributed by atoms with Gasteiger partial charge in [-0.1, -0.05) is 51.1 Å². The maximum Gasteiger partial charge on any atom is 0.265 e. The third-order valence-electron chi connectivity index (χ3n) is 7.43. The van der Waals surface area contributed by atoms with E-state index in [9.17, 15) is 18.0 Å². The molecule has 0 unspecified atom stereocenters. The molecule has 0 bridgehead atoms. The topological polar surface area (TPSA) is 124 Å². The number of amides is 2. The molecule has 1 N–H and O–H groups in total. The molecule has 1 atom stereocenters. The lowest BCUT2D eigenvalue weighted by Gasteiger charge is -2.33. The van der Waals surface area contributed by atoms with Gasteiger partial charge in [-0.05, 0) is 48.6 Å². The lowest BCUT2D eigenvalue weighted by atomic mass is 10.1. The van der Waals surface area contributed by atoms with E-state index in [1.54, 1.807) is 12.1 Å². The zero-order valence-corrected chi connectivity index (χ0v) is 28.4. The van der Waals surface area contributed by atoms with Gasteiger partial charge in [-0.2, -0.15) is 0 Å². The van der Waals surface area contributed by atoms with Crippen molar-refractivity contribution in [1.29, 1.82) is 0 Å². The lowest BCUT2D eigenvalue weighted by Crippen LogP contribution is -2.53. The number of methoxy groups -OCH3 is 4. The average Bonchev–Trinajstić information content (AvgIpc) is 3.07. The zero-order chi connectivity index (χ0) is 33.9. The molecule has 0 radical (unpaired) electrons. The van der Waals surface area contributed by atoms with Gasteiger partial charge in [-0.3, -0.25) is 13.9 Å². The fraction of sp³-hybridized carbons (Fsp3) is 0.412. The number of nitrogens with one attached hydrogen (secondary N) is 1. The van der Waals surface area contributed by atoms with Crippen molar-refractivity contribution in [3.8, 4) is 23.0 Å². The Labute approximate surface area is 272 Å². The number of carbonyl (C=O) groups is 2. The predicted octanol–water partition coefficient (Wildman–Crippen LogP) is 4.54. The molecule has 0 aliphatic rings. The van der Waals surface area contributed by atoms with Gasteiger partial charge in [0.1, 0.15) is 24.1 Å². The van der Waals surface area contributed by atoms with E-state index in [-0.39, 0.29) is 40.5 Å². The van der Waals surface area contributed by atoms with Gasteiger partial charge in [0.2, 0.25) is 11.8 Å². The molecular formula is C34H45N3O8S. The molecular weight excluding hydrogens is 610 g/mol. The molecule has 12 heteroatoms. The van der Waals surface area contributed by atoms with E-state index in [1.165, 1.54) is 57.6 Å². The molecule has 0 aliphatic heterocycles. The van der Waals surface area contributed by atoms with E-state index >= 15 is 0 Å². The fourth-order valence-corrected chi connectivity index (χ4v) is 6.36. The first-order valence-corrected chi connectivity index (χ1v) is 16.5. The first kappa shape index (κ1) is 36.0. The van der Waals surface area contributed by atoms with Crippen LogP contribution >= 0.6 is 0 Å². The molecule has 0 saturated heterocycles. The molecule has 0 aliphatic carbocycles. The van der Waals surface area contributed by atoms with Gasteiger partial charge in [0.05, 0.1) is 39.0 Å². The minimum atomic E-state index is -4.42. The molecule has 11 nitrogen and oxygen atoms in total. The number of benzene rings is 3. The van der Waals surface area contributed by atoms with Crippen molar-refractivity contribution in [2.45, 2.75) is 44.6 Å². The Balaban J connectivity index is 2.14. The first-order chi connectivity index (χ1) is 22.0. The van der Waals surface area contributed by atoms with Crippen molar-refractivity contribution < 1.29 is 37.0 Å². The lowest BCUT2D eigenvalue weighted by molar-refractivity contribution is -0.139. The number of carbonyl (C=O) groups excluding carboxylic acids is 2. The molecule has 0 heterocycles. The summed E-state index contributed by atoms with van der Waals surface area (Å²) >= 11 is 0. The molecule has 3 rings (SSSR count). The standard InChI is InChI=1S/C34H45N3O8S/c1-8-28(34(39)35-22-24(2)3)36(19-18-25-12-10-9-11-13-25)33(38)23-37(29-20-26(42-4)14-16-30(29)43-5)46(40,41)27-15-17-31(44-6)32(21-27)45-7/h9-17,20-21,24,28H,8,18-19,22-23H2,1-7H3,(H,35,39)/t28-/m0/s1. The minimum absolute atomic E-state index is 0.0882. The smallest absolute Gasteiger partial charge is 0.265 e. The van der Waals surface area contributed by atoms with E-state index in [4.69, 9.17) is 18.9 Å². The van der Waals surface area contributed by atoms with Crippen LogP contribution in [-0.2, 0) is 26.0 Å². The molecule has 0 saturated carbocycles. The van der Waals surface area contributed by atoms with Crippen molar-refractivity contribution in [2.24, 2.45) is 5.92 Å². The van der Waals surface area contributed by atoms with E-state index in [2.05, 4.69) is 5.32 Å². The van der Waals surface area contributed by atoms with Gasteiger partial charge in [-0.15, -0.1) is 0 Å². The molecule has 0 fully saturated rings. The normalized spacial score (nSPS) is 11.8. The minimum Gasteiger partial charge on any atom is -0.497 e. The summed E-state index contributed by atoms with van der Waals surface area (Å²) in [4.78, 5) is 29.1. The van der Waals surface area contributed by atoms with Gasteiger partial charge >= 0.3 is 0 Å². The molecule has 250 valence electrons. The highest BCUT2D eigenvalue weighted by molar-refractivity contribution is 7.92. The Hall–Kier alpha value is -4.45. The van der Waals surface area contributed by atoms with Crippen LogP contribution in [0.5, 0.6) is 23.0 Å². The van der Waals surface area contributed by atoms with Crippen LogP contribution < -0.4 is 28.6 Å². The summed E-state index contributed by atoms with van der Waals surface area (Å²) in [5, 5.41) is 2.94. The summed E-state index contributed by atoms with van der Waals surface area (Å²) in [6, 6.07) is 17.6. The number of sulfonamides is 1. The highest BCUT2D eigenvalue weighted by Crippen LogP contribution is 2.37. The van der Waals surface area contributed by atoms with Crippen LogP contribution in [0.3, 0.4) is 0 Å². The molecule has 46 heavy (non-hydrogen) atoms. The van der Waals surface area contributed by atoms with Crippen molar-refractivity contribution >= 4 is 27.5 Å². The summed E-state index contributed by atoms with van der Waals surface area (Å²) in [6.07, 6.45) is 0.792. The number of hydrogen-bond donors (Lipinski definition) is 1. The van der Waals surface area contributed by atoms with Crippen molar-refractivity contribution in [2.75, 3.05) is 52.4 Å². The van der Waals surface area contributed by atoms with Gasteiger partial charge in [0.25, 0.3) is 10.0 Å². The van der Waals surface area contributed by atoms with Crippen molar-refractivity contribution in [3.05, 3.63) is 72.3 Å². The van der Waals surface area contributed by atoms with E-state index in [0.29, 0.717) is 30.9 Å². The number of rotatable bonds is 17. The number of nitrogens with zero attached hydrogens (tertiary/aromatic N) is 2. The summed E-state index contributed by atoms with van der Waals surface area (Å²) in [5.41, 5.74) is 1.06. The molecule has 0 spiro atoms. The van der Waals surface area contributed by atoms with Gasteiger partial charge in [0, 0.05) is 25.2 Å². The van der Waals surface area contributed by atoms with Crippen LogP contribution in [0.25, 0.3) is 0 Å². The van der Waals surface area contributed by atoms with E-state index < -0.39 is 28.5 Å². The monoisotopic (exact) mass is 655 g/mol. The molecule has 2 amide bonds. The quantitative estimate of drug-likeness (QED) is 0.225. The zero-order valence-electron chi connectivity index (χ0n) is 27.6. The van der Waals surface area contributed by atoms with Crippen LogP contribution in [0.15, 0.2) is 71.6 Å². The number of hydrogen-bond acceptors (Lipinski definition) is 8. The number of ether oxygens (including phenoxy) is 4. The van der Waals surface area contributed by atoms with Crippen LogP contribution in [0.2, 0.25) is 0 Å². The Bertz CT molecular complexity index is 1560. The van der Waals surface area contributed by atoms with Gasteiger partial charge in [0.15, 0.2) is 11.5 Å². The second-order valence-corrected chi connectivity index (χ2v) is 12.8. The SMILES string of the molecule is CC[C@@H](C(=O)NCC(C)C)N(CCc1ccccc1)C(=O)CN(c1cc(OC)ccc1OC)S(=O)(=O)c1ccc(OC)c(OC)c1. The summed E-state index contributed by atoms with van der Waals surface area (Å²) < 4.78 is 51.5. The average molecular weight is 656 g/mol. The Morgan fingerprint density at radius 2 is 1.48 bits per heavy atom. The highest BCUT2D eigenvalue weighted by atomic mass is 32.2. The van der Waals surface area contributed by atoms with Gasteiger partial charge in [-0.25, -0.2) is 8.42 Å².